The van der Waals surface area contributed by atoms with Crippen molar-refractivity contribution < 1.29 is 38.7 Å². The fraction of sp³-hybridized carbons (Fsp3) is 0.458. The Morgan fingerprint density at radius 2 is 1.39 bits per heavy atom. The van der Waals surface area contributed by atoms with Crippen molar-refractivity contribution in [2.45, 2.75) is 57.7 Å². The minimum atomic E-state index is -1.52. The van der Waals surface area contributed by atoms with E-state index in [1.807, 2.05) is 30.3 Å². The summed E-state index contributed by atoms with van der Waals surface area (Å²) >= 11 is 0. The number of primary amides is 1. The molecule has 0 heterocycles. The van der Waals surface area contributed by atoms with Crippen molar-refractivity contribution in [3.63, 3.8) is 0 Å². The summed E-state index contributed by atoms with van der Waals surface area (Å²) in [5.41, 5.74) is 6.07. The first-order valence-electron chi connectivity index (χ1n) is 11.8. The van der Waals surface area contributed by atoms with Crippen LogP contribution in [-0.2, 0) is 40.0 Å². The molecule has 0 aliphatic carbocycles. The molecule has 14 nitrogen and oxygen atoms in total. The van der Waals surface area contributed by atoms with E-state index in [0.29, 0.717) is 6.42 Å². The number of carbonyl (C=O) groups excluding carboxylic acids is 6. The smallest absolute Gasteiger partial charge is 0.305 e. The van der Waals surface area contributed by atoms with E-state index in [-0.39, 0.29) is 18.9 Å². The Kier molecular flexibility index (Phi) is 13.5. The summed E-state index contributed by atoms with van der Waals surface area (Å²) < 4.78 is 0. The molecule has 14 heteroatoms. The maximum absolute atomic E-state index is 12.5. The van der Waals surface area contributed by atoms with Crippen LogP contribution < -0.4 is 32.3 Å². The van der Waals surface area contributed by atoms with E-state index in [4.69, 9.17) is 10.8 Å². The van der Waals surface area contributed by atoms with Crippen molar-refractivity contribution >= 4 is 41.4 Å². The molecule has 0 saturated heterocycles. The Morgan fingerprint density at radius 3 is 1.92 bits per heavy atom. The summed E-state index contributed by atoms with van der Waals surface area (Å²) in [6, 6.07) is 6.55. The predicted molar refractivity (Wildman–Crippen MR) is 134 cm³/mol. The standard InChI is InChI=1S/C24H34N6O8/c1-14(10-16-6-4-3-5-7-16)28-20(33)12-27-24(38)18(11-22(35)36)30-21(34)13-26-23(37)17(29-15(2)31)8-9-19(25)32/h3-7,14,17-18H,8-13H2,1-2H3,(H2,25,32)(H,26,37)(H,27,38)(H,28,33)(H,29,31)(H,30,34)(H,35,36). The second kappa shape index (κ2) is 16.3. The van der Waals surface area contributed by atoms with Gasteiger partial charge in [-0.05, 0) is 25.3 Å². The molecule has 38 heavy (non-hydrogen) atoms. The summed E-state index contributed by atoms with van der Waals surface area (Å²) in [4.78, 5) is 82.7. The van der Waals surface area contributed by atoms with Gasteiger partial charge in [-0.2, -0.15) is 0 Å². The van der Waals surface area contributed by atoms with Gasteiger partial charge in [-0.15, -0.1) is 0 Å². The van der Waals surface area contributed by atoms with Crippen molar-refractivity contribution in [2.75, 3.05) is 13.1 Å². The van der Waals surface area contributed by atoms with Crippen molar-refractivity contribution in [3.8, 4) is 0 Å². The number of carbonyl (C=O) groups is 7. The summed E-state index contributed by atoms with van der Waals surface area (Å²) in [5.74, 6) is -5.70. The second-order valence-corrected chi connectivity index (χ2v) is 8.57. The highest BCUT2D eigenvalue weighted by atomic mass is 16.4. The van der Waals surface area contributed by atoms with Crippen LogP contribution in [0.15, 0.2) is 30.3 Å². The Balaban J connectivity index is 2.59. The molecule has 0 aromatic heterocycles. The molecular weight excluding hydrogens is 500 g/mol. The van der Waals surface area contributed by atoms with Crippen LogP contribution in [0.2, 0.25) is 0 Å². The normalized spacial score (nSPS) is 12.7. The lowest BCUT2D eigenvalue weighted by molar-refractivity contribution is -0.140. The van der Waals surface area contributed by atoms with E-state index in [1.54, 1.807) is 6.92 Å². The Morgan fingerprint density at radius 1 is 0.842 bits per heavy atom. The van der Waals surface area contributed by atoms with Crippen LogP contribution >= 0.6 is 0 Å². The van der Waals surface area contributed by atoms with E-state index < -0.39 is 73.0 Å². The summed E-state index contributed by atoms with van der Waals surface area (Å²) in [7, 11) is 0. The van der Waals surface area contributed by atoms with Crippen LogP contribution in [0.3, 0.4) is 0 Å². The second-order valence-electron chi connectivity index (χ2n) is 8.57. The lowest BCUT2D eigenvalue weighted by atomic mass is 10.1. The number of nitrogens with one attached hydrogen (secondary N) is 5. The summed E-state index contributed by atoms with van der Waals surface area (Å²) in [5, 5.41) is 20.9. The minimum Gasteiger partial charge on any atom is -0.481 e. The molecule has 208 valence electrons. The number of carboxylic acid groups (broad SMARTS) is 1. The third-order valence-electron chi connectivity index (χ3n) is 5.04. The molecule has 6 amide bonds. The molecule has 0 spiro atoms. The van der Waals surface area contributed by atoms with Crippen LogP contribution in [0.25, 0.3) is 0 Å². The van der Waals surface area contributed by atoms with Gasteiger partial charge in [0.2, 0.25) is 35.4 Å². The molecule has 8 N–H and O–H groups in total. The molecular formula is C24H34N6O8. The van der Waals surface area contributed by atoms with E-state index in [2.05, 4.69) is 26.6 Å². The van der Waals surface area contributed by atoms with Gasteiger partial charge < -0.3 is 37.4 Å². The van der Waals surface area contributed by atoms with E-state index in [1.165, 1.54) is 0 Å². The van der Waals surface area contributed by atoms with Gasteiger partial charge in [-0.25, -0.2) is 0 Å². The van der Waals surface area contributed by atoms with Gasteiger partial charge in [0.15, 0.2) is 0 Å². The molecule has 3 atom stereocenters. The van der Waals surface area contributed by atoms with Crippen LogP contribution in [0.5, 0.6) is 0 Å². The maximum Gasteiger partial charge on any atom is 0.305 e. The van der Waals surface area contributed by atoms with Crippen LogP contribution in [0.1, 0.15) is 38.7 Å². The zero-order chi connectivity index (χ0) is 28.7. The molecule has 3 unspecified atom stereocenters. The van der Waals surface area contributed by atoms with Gasteiger partial charge >= 0.3 is 5.97 Å². The Labute approximate surface area is 219 Å². The topological polar surface area (TPSA) is 226 Å². The fourth-order valence-corrected chi connectivity index (χ4v) is 3.36. The van der Waals surface area contributed by atoms with Crippen molar-refractivity contribution in [2.24, 2.45) is 5.73 Å². The van der Waals surface area contributed by atoms with Gasteiger partial charge in [0.25, 0.3) is 0 Å². The average molecular weight is 535 g/mol. The highest BCUT2D eigenvalue weighted by Crippen LogP contribution is 2.02. The van der Waals surface area contributed by atoms with Crippen molar-refractivity contribution in [3.05, 3.63) is 35.9 Å². The van der Waals surface area contributed by atoms with E-state index in [9.17, 15) is 33.6 Å². The predicted octanol–water partition coefficient (Wildman–Crippen LogP) is -2.30. The van der Waals surface area contributed by atoms with Gasteiger partial charge in [0.05, 0.1) is 19.5 Å². The van der Waals surface area contributed by atoms with Crippen LogP contribution in [-0.4, -0.2) is 77.7 Å². The van der Waals surface area contributed by atoms with Crippen molar-refractivity contribution in [1.29, 1.82) is 0 Å². The molecule has 1 aromatic carbocycles. The number of amides is 6. The third kappa shape index (κ3) is 13.6. The number of nitrogens with two attached hydrogens (primary N) is 1. The van der Waals surface area contributed by atoms with Crippen LogP contribution in [0, 0.1) is 0 Å². The van der Waals surface area contributed by atoms with E-state index in [0.717, 1.165) is 12.5 Å². The number of hydrogen-bond donors (Lipinski definition) is 7. The minimum absolute atomic E-state index is 0.0988. The first-order chi connectivity index (χ1) is 17.9. The highest BCUT2D eigenvalue weighted by molar-refractivity contribution is 5.95. The van der Waals surface area contributed by atoms with Gasteiger partial charge in [0, 0.05) is 19.4 Å². The van der Waals surface area contributed by atoms with Crippen molar-refractivity contribution in [1.82, 2.24) is 26.6 Å². The monoisotopic (exact) mass is 534 g/mol. The number of hydrogen-bond acceptors (Lipinski definition) is 7. The average Bonchev–Trinajstić information content (AvgIpc) is 2.83. The molecule has 0 radical (unpaired) electrons. The number of carboxylic acids is 1. The lowest BCUT2D eigenvalue weighted by Gasteiger charge is -2.19. The molecule has 1 rings (SSSR count). The Bertz CT molecular complexity index is 1020. The molecule has 0 saturated carbocycles. The van der Waals surface area contributed by atoms with Crippen LogP contribution in [0.4, 0.5) is 0 Å². The third-order valence-corrected chi connectivity index (χ3v) is 5.04. The number of rotatable bonds is 16. The fourth-order valence-electron chi connectivity index (χ4n) is 3.36. The SMILES string of the molecule is CC(=O)NC(CCC(N)=O)C(=O)NCC(=O)NC(CC(=O)O)C(=O)NCC(=O)NC(C)Cc1ccccc1. The molecule has 0 bridgehead atoms. The first kappa shape index (κ1) is 31.5. The lowest BCUT2D eigenvalue weighted by Crippen LogP contribution is -2.53. The van der Waals surface area contributed by atoms with Gasteiger partial charge in [-0.3, -0.25) is 33.6 Å². The highest BCUT2D eigenvalue weighted by Gasteiger charge is 2.25. The quantitative estimate of drug-likeness (QED) is 0.122. The largest absolute Gasteiger partial charge is 0.481 e. The molecule has 0 fully saturated rings. The molecule has 1 aromatic rings. The summed E-state index contributed by atoms with van der Waals surface area (Å²) in [6.07, 6.45) is -0.498. The Hall–Kier alpha value is -4.49. The zero-order valence-electron chi connectivity index (χ0n) is 21.2. The summed E-state index contributed by atoms with van der Waals surface area (Å²) in [6.45, 7) is 1.86. The van der Waals surface area contributed by atoms with Gasteiger partial charge in [-0.1, -0.05) is 30.3 Å². The zero-order valence-corrected chi connectivity index (χ0v) is 21.2. The van der Waals surface area contributed by atoms with E-state index >= 15 is 0 Å². The molecule has 0 aliphatic heterocycles. The number of benzene rings is 1. The van der Waals surface area contributed by atoms with Gasteiger partial charge in [0.1, 0.15) is 12.1 Å². The number of aliphatic carboxylic acids is 1. The molecule has 0 aliphatic rings. The maximum atomic E-state index is 12.5. The first-order valence-corrected chi connectivity index (χ1v) is 11.8.